The van der Waals surface area contributed by atoms with Gasteiger partial charge in [0.15, 0.2) is 6.61 Å². The van der Waals surface area contributed by atoms with E-state index < -0.39 is 6.04 Å². The molecule has 0 bridgehead atoms. The SMILES string of the molecule is CC[C@@H](C(=O)NCCc1ccccc1)N1C(=O)COc2ccccc21. The summed E-state index contributed by atoms with van der Waals surface area (Å²) in [5, 5.41) is 2.96. The van der Waals surface area contributed by atoms with Gasteiger partial charge in [0.05, 0.1) is 5.69 Å². The lowest BCUT2D eigenvalue weighted by Gasteiger charge is -2.34. The largest absolute Gasteiger partial charge is 0.482 e. The average molecular weight is 338 g/mol. The van der Waals surface area contributed by atoms with Crippen LogP contribution in [0.1, 0.15) is 18.9 Å². The van der Waals surface area contributed by atoms with E-state index in [0.29, 0.717) is 24.4 Å². The topological polar surface area (TPSA) is 58.6 Å². The molecule has 3 rings (SSSR count). The van der Waals surface area contributed by atoms with Crippen LogP contribution < -0.4 is 15.0 Å². The van der Waals surface area contributed by atoms with Crippen LogP contribution >= 0.6 is 0 Å². The lowest BCUT2D eigenvalue weighted by Crippen LogP contribution is -2.52. The van der Waals surface area contributed by atoms with Crippen molar-refractivity contribution in [1.29, 1.82) is 0 Å². The minimum absolute atomic E-state index is 0.0369. The van der Waals surface area contributed by atoms with Gasteiger partial charge in [-0.1, -0.05) is 49.4 Å². The number of benzene rings is 2. The number of para-hydroxylation sites is 2. The van der Waals surface area contributed by atoms with E-state index in [1.807, 2.05) is 61.5 Å². The maximum atomic E-state index is 12.7. The fourth-order valence-corrected chi connectivity index (χ4v) is 3.04. The molecular formula is C20H22N2O3. The highest BCUT2D eigenvalue weighted by atomic mass is 16.5. The van der Waals surface area contributed by atoms with Gasteiger partial charge in [-0.2, -0.15) is 0 Å². The summed E-state index contributed by atoms with van der Waals surface area (Å²) in [5.74, 6) is 0.310. The summed E-state index contributed by atoms with van der Waals surface area (Å²) in [6.45, 7) is 2.41. The summed E-state index contributed by atoms with van der Waals surface area (Å²) in [6.07, 6.45) is 1.30. The van der Waals surface area contributed by atoms with Gasteiger partial charge in [-0.25, -0.2) is 0 Å². The molecule has 25 heavy (non-hydrogen) atoms. The molecule has 0 saturated heterocycles. The molecule has 0 fully saturated rings. The van der Waals surface area contributed by atoms with Crippen LogP contribution in [0.25, 0.3) is 0 Å². The van der Waals surface area contributed by atoms with Gasteiger partial charge in [-0.15, -0.1) is 0 Å². The summed E-state index contributed by atoms with van der Waals surface area (Å²) in [7, 11) is 0. The number of ether oxygens (including phenoxy) is 1. The second-order valence-corrected chi connectivity index (χ2v) is 5.97. The van der Waals surface area contributed by atoms with E-state index in [2.05, 4.69) is 5.32 Å². The first-order valence-electron chi connectivity index (χ1n) is 8.56. The Bertz CT molecular complexity index is 746. The van der Waals surface area contributed by atoms with Crippen molar-refractivity contribution >= 4 is 17.5 Å². The van der Waals surface area contributed by atoms with Crippen molar-refractivity contribution < 1.29 is 14.3 Å². The smallest absolute Gasteiger partial charge is 0.265 e. The van der Waals surface area contributed by atoms with Crippen LogP contribution in [0, 0.1) is 0 Å². The number of fused-ring (bicyclic) bond motifs is 1. The summed E-state index contributed by atoms with van der Waals surface area (Å²) in [6, 6.07) is 16.8. The molecule has 1 N–H and O–H groups in total. The summed E-state index contributed by atoms with van der Waals surface area (Å²) in [4.78, 5) is 26.6. The number of rotatable bonds is 6. The Kier molecular flexibility index (Phi) is 5.33. The molecule has 0 aliphatic carbocycles. The Morgan fingerprint density at radius 1 is 1.16 bits per heavy atom. The fourth-order valence-electron chi connectivity index (χ4n) is 3.04. The molecule has 1 heterocycles. The number of hydrogen-bond donors (Lipinski definition) is 1. The molecule has 5 heteroatoms. The van der Waals surface area contributed by atoms with Crippen LogP contribution in [0.15, 0.2) is 54.6 Å². The molecule has 1 aliphatic heterocycles. The molecule has 0 aromatic heterocycles. The number of carbonyl (C=O) groups is 2. The molecular weight excluding hydrogens is 316 g/mol. The number of nitrogens with zero attached hydrogens (tertiary/aromatic N) is 1. The van der Waals surface area contributed by atoms with Crippen LogP contribution in [0.2, 0.25) is 0 Å². The van der Waals surface area contributed by atoms with Crippen LogP contribution in [0.4, 0.5) is 5.69 Å². The highest BCUT2D eigenvalue weighted by Gasteiger charge is 2.34. The van der Waals surface area contributed by atoms with Gasteiger partial charge >= 0.3 is 0 Å². The van der Waals surface area contributed by atoms with Crippen LogP contribution in [-0.2, 0) is 16.0 Å². The van der Waals surface area contributed by atoms with Crippen LogP contribution in [0.5, 0.6) is 5.75 Å². The van der Waals surface area contributed by atoms with Gasteiger partial charge in [-0.3, -0.25) is 14.5 Å². The number of carbonyl (C=O) groups excluding carboxylic acids is 2. The van der Waals surface area contributed by atoms with Gasteiger partial charge in [0.1, 0.15) is 11.8 Å². The summed E-state index contributed by atoms with van der Waals surface area (Å²) >= 11 is 0. The maximum absolute atomic E-state index is 12.7. The lowest BCUT2D eigenvalue weighted by molar-refractivity contribution is -0.127. The summed E-state index contributed by atoms with van der Waals surface area (Å²) in [5.41, 5.74) is 1.83. The molecule has 130 valence electrons. The molecule has 0 unspecified atom stereocenters. The molecule has 5 nitrogen and oxygen atoms in total. The van der Waals surface area contributed by atoms with E-state index in [-0.39, 0.29) is 18.4 Å². The van der Waals surface area contributed by atoms with Crippen molar-refractivity contribution in [2.45, 2.75) is 25.8 Å². The molecule has 2 aromatic carbocycles. The van der Waals surface area contributed by atoms with Crippen LogP contribution in [0.3, 0.4) is 0 Å². The highest BCUT2D eigenvalue weighted by molar-refractivity contribution is 6.03. The van der Waals surface area contributed by atoms with Crippen molar-refractivity contribution in [3.8, 4) is 5.75 Å². The Hall–Kier alpha value is -2.82. The normalized spacial score (nSPS) is 14.4. The van der Waals surface area contributed by atoms with Gasteiger partial charge in [0.2, 0.25) is 5.91 Å². The minimum atomic E-state index is -0.534. The molecule has 0 saturated carbocycles. The third-order valence-electron chi connectivity index (χ3n) is 4.30. The zero-order valence-corrected chi connectivity index (χ0v) is 14.3. The van der Waals surface area contributed by atoms with E-state index in [0.717, 1.165) is 6.42 Å². The van der Waals surface area contributed by atoms with Crippen molar-refractivity contribution in [2.75, 3.05) is 18.1 Å². The Morgan fingerprint density at radius 2 is 1.88 bits per heavy atom. The predicted molar refractivity (Wildman–Crippen MR) is 96.7 cm³/mol. The van der Waals surface area contributed by atoms with Crippen molar-refractivity contribution in [3.63, 3.8) is 0 Å². The standard InChI is InChI=1S/C20H22N2O3/c1-2-16(20(24)21-13-12-15-8-4-3-5-9-15)22-17-10-6-7-11-18(17)25-14-19(22)23/h3-11,16H,2,12-14H2,1H3,(H,21,24)/t16-/m0/s1. The van der Waals surface area contributed by atoms with E-state index in [4.69, 9.17) is 4.74 Å². The Morgan fingerprint density at radius 3 is 2.64 bits per heavy atom. The molecule has 0 radical (unpaired) electrons. The quantitative estimate of drug-likeness (QED) is 0.881. The van der Waals surface area contributed by atoms with Crippen molar-refractivity contribution in [3.05, 3.63) is 60.2 Å². The Balaban J connectivity index is 1.69. The van der Waals surface area contributed by atoms with Gasteiger partial charge < -0.3 is 10.1 Å². The van der Waals surface area contributed by atoms with Crippen molar-refractivity contribution in [1.82, 2.24) is 5.32 Å². The first-order chi connectivity index (χ1) is 12.2. The zero-order valence-electron chi connectivity index (χ0n) is 14.3. The average Bonchev–Trinajstić information content (AvgIpc) is 2.65. The van der Waals surface area contributed by atoms with E-state index in [1.165, 1.54) is 5.56 Å². The van der Waals surface area contributed by atoms with Crippen molar-refractivity contribution in [2.24, 2.45) is 0 Å². The molecule has 1 atom stereocenters. The van der Waals surface area contributed by atoms with Gasteiger partial charge in [0, 0.05) is 6.54 Å². The third kappa shape index (κ3) is 3.82. The number of nitrogens with one attached hydrogen (secondary N) is 1. The van der Waals surface area contributed by atoms with Crippen LogP contribution in [-0.4, -0.2) is 31.0 Å². The molecule has 2 aromatic rings. The maximum Gasteiger partial charge on any atom is 0.265 e. The first-order valence-corrected chi connectivity index (χ1v) is 8.56. The number of amides is 2. The second kappa shape index (κ2) is 7.83. The third-order valence-corrected chi connectivity index (χ3v) is 4.30. The number of hydrogen-bond acceptors (Lipinski definition) is 3. The van der Waals surface area contributed by atoms with Gasteiger partial charge in [-0.05, 0) is 30.5 Å². The monoisotopic (exact) mass is 338 g/mol. The van der Waals surface area contributed by atoms with Gasteiger partial charge in [0.25, 0.3) is 5.91 Å². The minimum Gasteiger partial charge on any atom is -0.482 e. The molecule has 0 spiro atoms. The second-order valence-electron chi connectivity index (χ2n) is 5.97. The highest BCUT2D eigenvalue weighted by Crippen LogP contribution is 2.33. The van der Waals surface area contributed by atoms with E-state index in [9.17, 15) is 9.59 Å². The zero-order chi connectivity index (χ0) is 17.6. The fraction of sp³-hybridized carbons (Fsp3) is 0.300. The predicted octanol–water partition coefficient (Wildman–Crippen LogP) is 2.55. The number of anilines is 1. The first kappa shape index (κ1) is 17.0. The molecule has 2 amide bonds. The van der Waals surface area contributed by atoms with E-state index in [1.54, 1.807) is 4.90 Å². The lowest BCUT2D eigenvalue weighted by atomic mass is 10.1. The molecule has 1 aliphatic rings. The Labute approximate surface area is 147 Å². The summed E-state index contributed by atoms with van der Waals surface area (Å²) < 4.78 is 5.46. The van der Waals surface area contributed by atoms with E-state index >= 15 is 0 Å².